The van der Waals surface area contributed by atoms with Crippen LogP contribution >= 0.6 is 0 Å². The first-order valence-electron chi connectivity index (χ1n) is 4.95. The molecule has 16 heavy (non-hydrogen) atoms. The molecule has 0 spiro atoms. The zero-order valence-electron chi connectivity index (χ0n) is 9.36. The zero-order chi connectivity index (χ0) is 12.1. The molecule has 1 rings (SSSR count). The Bertz CT molecular complexity index is 377. The summed E-state index contributed by atoms with van der Waals surface area (Å²) in [4.78, 5) is 11.8. The molecule has 0 saturated carbocycles. The van der Waals surface area contributed by atoms with Crippen molar-refractivity contribution < 1.29 is 14.6 Å². The monoisotopic (exact) mass is 224 g/mol. The topological polar surface area (TPSA) is 84.6 Å². The van der Waals surface area contributed by atoms with Gasteiger partial charge in [-0.05, 0) is 19.1 Å². The van der Waals surface area contributed by atoms with Crippen molar-refractivity contribution in [3.8, 4) is 5.75 Å². The molecule has 0 aromatic heterocycles. The van der Waals surface area contributed by atoms with Crippen LogP contribution < -0.4 is 15.8 Å². The molecule has 0 aliphatic heterocycles. The lowest BCUT2D eigenvalue weighted by Crippen LogP contribution is -2.31. The van der Waals surface area contributed by atoms with Gasteiger partial charge in [0, 0.05) is 12.2 Å². The summed E-state index contributed by atoms with van der Waals surface area (Å²) >= 11 is 0. The minimum absolute atomic E-state index is 0.177. The van der Waals surface area contributed by atoms with Crippen molar-refractivity contribution in [1.82, 2.24) is 5.32 Å². The van der Waals surface area contributed by atoms with Crippen LogP contribution in [0.15, 0.2) is 18.2 Å². The smallest absolute Gasteiger partial charge is 0.257 e. The predicted molar refractivity (Wildman–Crippen MR) is 61.4 cm³/mol. The predicted octanol–water partition coefficient (Wildman–Crippen LogP) is 0.388. The molecule has 1 aromatic rings. The number of methoxy groups -OCH3 is 1. The lowest BCUT2D eigenvalue weighted by atomic mass is 10.1. The number of hydrogen-bond donors (Lipinski definition) is 3. The van der Waals surface area contributed by atoms with Gasteiger partial charge in [0.25, 0.3) is 5.91 Å². The molecular formula is C11H16N2O3. The summed E-state index contributed by atoms with van der Waals surface area (Å²) in [7, 11) is 1.47. The molecule has 0 aliphatic rings. The third-order valence-electron chi connectivity index (χ3n) is 2.06. The maximum Gasteiger partial charge on any atom is 0.257 e. The molecule has 1 amide bonds. The number of aliphatic hydroxyl groups is 1. The van der Waals surface area contributed by atoms with Crippen LogP contribution in [0.25, 0.3) is 0 Å². The number of nitrogens with two attached hydrogens (primary N) is 1. The number of nitrogens with one attached hydrogen (secondary N) is 1. The van der Waals surface area contributed by atoms with Crippen molar-refractivity contribution in [2.45, 2.75) is 13.0 Å². The van der Waals surface area contributed by atoms with Gasteiger partial charge in [-0.15, -0.1) is 0 Å². The van der Waals surface area contributed by atoms with Crippen molar-refractivity contribution in [1.29, 1.82) is 0 Å². The van der Waals surface area contributed by atoms with E-state index in [-0.39, 0.29) is 12.5 Å². The van der Waals surface area contributed by atoms with Gasteiger partial charge in [-0.1, -0.05) is 6.07 Å². The van der Waals surface area contributed by atoms with Gasteiger partial charge in [0.15, 0.2) is 0 Å². The highest BCUT2D eigenvalue weighted by molar-refractivity contribution is 6.01. The highest BCUT2D eigenvalue weighted by Gasteiger charge is 2.15. The molecule has 0 fully saturated rings. The summed E-state index contributed by atoms with van der Waals surface area (Å²) < 4.78 is 5.05. The van der Waals surface area contributed by atoms with Crippen molar-refractivity contribution in [3.05, 3.63) is 23.8 Å². The van der Waals surface area contributed by atoms with E-state index in [1.54, 1.807) is 25.1 Å². The highest BCUT2D eigenvalue weighted by Crippen LogP contribution is 2.23. The number of aliphatic hydroxyl groups excluding tert-OH is 1. The van der Waals surface area contributed by atoms with Crippen LogP contribution in [0.3, 0.4) is 0 Å². The minimum atomic E-state index is -0.597. The van der Waals surface area contributed by atoms with Crippen LogP contribution in [0.4, 0.5) is 5.69 Å². The van der Waals surface area contributed by atoms with E-state index in [0.29, 0.717) is 17.0 Å². The van der Waals surface area contributed by atoms with Crippen molar-refractivity contribution in [2.75, 3.05) is 19.4 Å². The first-order chi connectivity index (χ1) is 7.56. The molecule has 0 saturated heterocycles. The molecule has 0 aliphatic carbocycles. The van der Waals surface area contributed by atoms with E-state index in [0.717, 1.165) is 0 Å². The Morgan fingerprint density at radius 3 is 2.88 bits per heavy atom. The summed E-state index contributed by atoms with van der Waals surface area (Å²) in [5.41, 5.74) is 6.35. The molecule has 1 aromatic carbocycles. The Labute approximate surface area is 94.2 Å². The number of rotatable bonds is 4. The Hall–Kier alpha value is -1.75. The van der Waals surface area contributed by atoms with Crippen molar-refractivity contribution in [2.24, 2.45) is 0 Å². The van der Waals surface area contributed by atoms with Crippen LogP contribution in [-0.2, 0) is 0 Å². The summed E-state index contributed by atoms with van der Waals surface area (Å²) in [6.07, 6.45) is -0.597. The van der Waals surface area contributed by atoms with Crippen LogP contribution in [0, 0.1) is 0 Å². The summed E-state index contributed by atoms with van der Waals surface area (Å²) in [6.45, 7) is 1.77. The number of nitrogen functional groups attached to an aromatic ring is 1. The minimum Gasteiger partial charge on any atom is -0.496 e. The summed E-state index contributed by atoms with van der Waals surface area (Å²) in [5, 5.41) is 11.6. The number of benzene rings is 1. The maximum atomic E-state index is 11.8. The molecule has 5 heteroatoms. The van der Waals surface area contributed by atoms with Crippen LogP contribution in [0.1, 0.15) is 17.3 Å². The average Bonchev–Trinajstić information content (AvgIpc) is 2.25. The van der Waals surface area contributed by atoms with E-state index < -0.39 is 6.10 Å². The maximum absolute atomic E-state index is 11.8. The van der Waals surface area contributed by atoms with Gasteiger partial charge in [0.1, 0.15) is 11.3 Å². The van der Waals surface area contributed by atoms with Gasteiger partial charge in [-0.2, -0.15) is 0 Å². The van der Waals surface area contributed by atoms with E-state index in [9.17, 15) is 4.79 Å². The molecule has 0 radical (unpaired) electrons. The number of amides is 1. The van der Waals surface area contributed by atoms with E-state index in [2.05, 4.69) is 5.32 Å². The van der Waals surface area contributed by atoms with Gasteiger partial charge in [0.05, 0.1) is 13.2 Å². The summed E-state index contributed by atoms with van der Waals surface area (Å²) in [5.74, 6) is 0.0685. The van der Waals surface area contributed by atoms with E-state index in [4.69, 9.17) is 15.6 Å². The Morgan fingerprint density at radius 2 is 2.31 bits per heavy atom. The number of hydrogen-bond acceptors (Lipinski definition) is 4. The molecule has 88 valence electrons. The Balaban J connectivity index is 2.89. The number of ether oxygens (including phenoxy) is 1. The molecule has 0 heterocycles. The van der Waals surface area contributed by atoms with Gasteiger partial charge in [-0.3, -0.25) is 4.79 Å². The number of carbonyl (C=O) groups is 1. The second-order valence-corrected chi connectivity index (χ2v) is 3.48. The number of carbonyl (C=O) groups excluding carboxylic acids is 1. The largest absolute Gasteiger partial charge is 0.496 e. The van der Waals surface area contributed by atoms with Gasteiger partial charge in [-0.25, -0.2) is 0 Å². The van der Waals surface area contributed by atoms with E-state index in [1.807, 2.05) is 0 Å². The first kappa shape index (κ1) is 12.3. The van der Waals surface area contributed by atoms with Crippen LogP contribution in [0.2, 0.25) is 0 Å². The Kier molecular flexibility index (Phi) is 4.13. The number of anilines is 1. The second-order valence-electron chi connectivity index (χ2n) is 3.48. The quantitative estimate of drug-likeness (QED) is 0.646. The van der Waals surface area contributed by atoms with Crippen molar-refractivity contribution >= 4 is 11.6 Å². The normalized spacial score (nSPS) is 11.9. The van der Waals surface area contributed by atoms with Crippen LogP contribution in [0.5, 0.6) is 5.75 Å². The second kappa shape index (κ2) is 5.37. The van der Waals surface area contributed by atoms with Gasteiger partial charge >= 0.3 is 0 Å². The molecular weight excluding hydrogens is 208 g/mol. The highest BCUT2D eigenvalue weighted by atomic mass is 16.5. The van der Waals surface area contributed by atoms with Gasteiger partial charge in [0.2, 0.25) is 0 Å². The lowest BCUT2D eigenvalue weighted by Gasteiger charge is -2.12. The molecule has 0 bridgehead atoms. The fourth-order valence-electron chi connectivity index (χ4n) is 1.29. The fraction of sp³-hybridized carbons (Fsp3) is 0.364. The zero-order valence-corrected chi connectivity index (χ0v) is 9.36. The standard InChI is InChI=1S/C11H16N2O3/c1-7(14)6-13-11(15)10-8(12)4-3-5-9(10)16-2/h3-5,7,14H,6,12H2,1-2H3,(H,13,15)/t7-/m1/s1. The molecule has 4 N–H and O–H groups in total. The molecule has 5 nitrogen and oxygen atoms in total. The Morgan fingerprint density at radius 1 is 1.62 bits per heavy atom. The molecule has 1 atom stereocenters. The van der Waals surface area contributed by atoms with Crippen LogP contribution in [-0.4, -0.2) is 30.8 Å². The lowest BCUT2D eigenvalue weighted by molar-refractivity contribution is 0.0922. The summed E-state index contributed by atoms with van der Waals surface area (Å²) in [6, 6.07) is 4.99. The third kappa shape index (κ3) is 2.87. The van der Waals surface area contributed by atoms with Crippen molar-refractivity contribution in [3.63, 3.8) is 0 Å². The average molecular weight is 224 g/mol. The third-order valence-corrected chi connectivity index (χ3v) is 2.06. The fourth-order valence-corrected chi connectivity index (χ4v) is 1.29. The van der Waals surface area contributed by atoms with E-state index in [1.165, 1.54) is 7.11 Å². The first-order valence-corrected chi connectivity index (χ1v) is 4.95. The van der Waals surface area contributed by atoms with E-state index >= 15 is 0 Å². The molecule has 0 unspecified atom stereocenters. The van der Waals surface area contributed by atoms with Gasteiger partial charge < -0.3 is 20.9 Å². The SMILES string of the molecule is COc1cccc(N)c1C(=O)NC[C@@H](C)O.